The van der Waals surface area contributed by atoms with Crippen LogP contribution in [0.1, 0.15) is 33.1 Å². The second kappa shape index (κ2) is 6.59. The number of carbonyl (C=O) groups excluding carboxylic acids is 2. The Hall–Kier alpha value is -1.10. The van der Waals surface area contributed by atoms with E-state index >= 15 is 0 Å². The van der Waals surface area contributed by atoms with E-state index in [2.05, 4.69) is 5.32 Å². The third kappa shape index (κ3) is 4.73. The van der Waals surface area contributed by atoms with Gasteiger partial charge in [0.05, 0.1) is 6.54 Å². The fraction of sp³-hybridized carbons (Fsp3) is 0.833. The molecule has 1 fully saturated rings. The zero-order valence-corrected chi connectivity index (χ0v) is 10.7. The van der Waals surface area contributed by atoms with Crippen molar-refractivity contribution in [2.24, 2.45) is 11.7 Å². The zero-order chi connectivity index (χ0) is 12.8. The van der Waals surface area contributed by atoms with E-state index in [9.17, 15) is 9.59 Å². The highest BCUT2D eigenvalue weighted by Gasteiger charge is 2.21. The SMILES string of the molecule is CC(C)N(CC(N)=O)C(=O)CCC1CCNC1. The van der Waals surface area contributed by atoms with Crippen molar-refractivity contribution in [1.29, 1.82) is 0 Å². The van der Waals surface area contributed by atoms with Gasteiger partial charge in [-0.15, -0.1) is 0 Å². The molecule has 17 heavy (non-hydrogen) atoms. The van der Waals surface area contributed by atoms with Crippen LogP contribution in [-0.2, 0) is 9.59 Å². The van der Waals surface area contributed by atoms with Gasteiger partial charge in [0, 0.05) is 12.5 Å². The fourth-order valence-corrected chi connectivity index (χ4v) is 2.16. The maximum atomic E-state index is 12.0. The van der Waals surface area contributed by atoms with E-state index in [4.69, 9.17) is 5.73 Å². The highest BCUT2D eigenvalue weighted by atomic mass is 16.2. The van der Waals surface area contributed by atoms with Gasteiger partial charge in [0.2, 0.25) is 11.8 Å². The van der Waals surface area contributed by atoms with Crippen LogP contribution in [0.15, 0.2) is 0 Å². The second-order valence-electron chi connectivity index (χ2n) is 4.98. The van der Waals surface area contributed by atoms with Gasteiger partial charge >= 0.3 is 0 Å². The van der Waals surface area contributed by atoms with Gasteiger partial charge in [-0.1, -0.05) is 0 Å². The van der Waals surface area contributed by atoms with Crippen molar-refractivity contribution in [3.8, 4) is 0 Å². The molecule has 0 radical (unpaired) electrons. The topological polar surface area (TPSA) is 75.4 Å². The molecule has 1 unspecified atom stereocenters. The Morgan fingerprint density at radius 2 is 2.18 bits per heavy atom. The number of amides is 2. The van der Waals surface area contributed by atoms with Crippen molar-refractivity contribution in [2.75, 3.05) is 19.6 Å². The third-order valence-electron chi connectivity index (χ3n) is 3.20. The summed E-state index contributed by atoms with van der Waals surface area (Å²) in [6.07, 6.45) is 2.55. The number of hydrogen-bond acceptors (Lipinski definition) is 3. The number of carbonyl (C=O) groups is 2. The molecule has 1 rings (SSSR count). The first-order valence-electron chi connectivity index (χ1n) is 6.29. The van der Waals surface area contributed by atoms with E-state index in [0.29, 0.717) is 12.3 Å². The lowest BCUT2D eigenvalue weighted by atomic mass is 10.0. The zero-order valence-electron chi connectivity index (χ0n) is 10.7. The Morgan fingerprint density at radius 3 is 2.65 bits per heavy atom. The van der Waals surface area contributed by atoms with Crippen molar-refractivity contribution >= 4 is 11.8 Å². The summed E-state index contributed by atoms with van der Waals surface area (Å²) >= 11 is 0. The van der Waals surface area contributed by atoms with Gasteiger partial charge in [-0.25, -0.2) is 0 Å². The third-order valence-corrected chi connectivity index (χ3v) is 3.20. The highest BCUT2D eigenvalue weighted by Crippen LogP contribution is 2.15. The van der Waals surface area contributed by atoms with Gasteiger partial charge in [0.25, 0.3) is 0 Å². The maximum Gasteiger partial charge on any atom is 0.237 e. The molecule has 1 saturated heterocycles. The lowest BCUT2D eigenvalue weighted by Gasteiger charge is -2.25. The number of hydrogen-bond donors (Lipinski definition) is 2. The van der Waals surface area contributed by atoms with E-state index in [1.807, 2.05) is 13.8 Å². The predicted octanol–water partition coefficient (Wildman–Crippen LogP) is 0.0984. The Balaban J connectivity index is 2.38. The van der Waals surface area contributed by atoms with Crippen molar-refractivity contribution < 1.29 is 9.59 Å². The monoisotopic (exact) mass is 241 g/mol. The Bertz CT molecular complexity index is 273. The van der Waals surface area contributed by atoms with Gasteiger partial charge in [-0.2, -0.15) is 0 Å². The molecule has 0 spiro atoms. The predicted molar refractivity (Wildman–Crippen MR) is 66.3 cm³/mol. The molecule has 0 aliphatic carbocycles. The van der Waals surface area contributed by atoms with Gasteiger partial charge in [0.1, 0.15) is 0 Å². The van der Waals surface area contributed by atoms with Gasteiger partial charge < -0.3 is 16.0 Å². The minimum absolute atomic E-state index is 0.0247. The molecule has 0 saturated carbocycles. The molecule has 0 bridgehead atoms. The van der Waals surface area contributed by atoms with Crippen molar-refractivity contribution in [2.45, 2.75) is 39.2 Å². The molecular weight excluding hydrogens is 218 g/mol. The molecule has 0 aromatic rings. The maximum absolute atomic E-state index is 12.0. The summed E-state index contributed by atoms with van der Waals surface area (Å²) in [6.45, 7) is 5.88. The molecule has 2 amide bonds. The highest BCUT2D eigenvalue weighted by molar-refractivity contribution is 5.84. The molecule has 3 N–H and O–H groups in total. The van der Waals surface area contributed by atoms with Crippen LogP contribution >= 0.6 is 0 Å². The summed E-state index contributed by atoms with van der Waals surface area (Å²) in [5.74, 6) is 0.182. The number of rotatable bonds is 6. The number of primary amides is 1. The molecule has 0 aromatic carbocycles. The number of nitrogens with one attached hydrogen (secondary N) is 1. The van der Waals surface area contributed by atoms with Crippen molar-refractivity contribution in [1.82, 2.24) is 10.2 Å². The standard InChI is InChI=1S/C12H23N3O2/c1-9(2)15(8-11(13)16)12(17)4-3-10-5-6-14-7-10/h9-10,14H,3-8H2,1-2H3,(H2,13,16). The van der Waals surface area contributed by atoms with Crippen LogP contribution in [-0.4, -0.2) is 42.4 Å². The van der Waals surface area contributed by atoms with E-state index in [1.165, 1.54) is 0 Å². The summed E-state index contributed by atoms with van der Waals surface area (Å²) in [6, 6.07) is 0.0247. The fourth-order valence-electron chi connectivity index (χ4n) is 2.16. The van der Waals surface area contributed by atoms with Crippen LogP contribution < -0.4 is 11.1 Å². The average molecular weight is 241 g/mol. The van der Waals surface area contributed by atoms with E-state index in [-0.39, 0.29) is 18.5 Å². The Morgan fingerprint density at radius 1 is 1.47 bits per heavy atom. The molecule has 1 aliphatic heterocycles. The van der Waals surface area contributed by atoms with E-state index in [0.717, 1.165) is 25.9 Å². The molecular formula is C12H23N3O2. The smallest absolute Gasteiger partial charge is 0.237 e. The summed E-state index contributed by atoms with van der Waals surface area (Å²) in [5.41, 5.74) is 5.14. The normalized spacial score (nSPS) is 19.6. The minimum atomic E-state index is -0.449. The Kier molecular flexibility index (Phi) is 5.41. The molecule has 5 heteroatoms. The average Bonchev–Trinajstić information content (AvgIpc) is 2.74. The summed E-state index contributed by atoms with van der Waals surface area (Å²) in [4.78, 5) is 24.4. The summed E-state index contributed by atoms with van der Waals surface area (Å²) in [5, 5.41) is 3.28. The van der Waals surface area contributed by atoms with Crippen molar-refractivity contribution in [3.63, 3.8) is 0 Å². The van der Waals surface area contributed by atoms with Crippen LogP contribution in [0, 0.1) is 5.92 Å². The first-order chi connectivity index (χ1) is 8.00. The van der Waals surface area contributed by atoms with Gasteiger partial charge in [0.15, 0.2) is 0 Å². The largest absolute Gasteiger partial charge is 0.368 e. The van der Waals surface area contributed by atoms with Crippen LogP contribution in [0.5, 0.6) is 0 Å². The van der Waals surface area contributed by atoms with Crippen LogP contribution in [0.25, 0.3) is 0 Å². The van der Waals surface area contributed by atoms with Crippen LogP contribution in [0.3, 0.4) is 0 Å². The van der Waals surface area contributed by atoms with Crippen molar-refractivity contribution in [3.05, 3.63) is 0 Å². The lowest BCUT2D eigenvalue weighted by Crippen LogP contribution is -2.42. The quantitative estimate of drug-likeness (QED) is 0.692. The molecule has 5 nitrogen and oxygen atoms in total. The number of nitrogens with two attached hydrogens (primary N) is 1. The number of nitrogens with zero attached hydrogens (tertiary/aromatic N) is 1. The van der Waals surface area contributed by atoms with E-state index in [1.54, 1.807) is 4.90 Å². The molecule has 1 atom stereocenters. The second-order valence-corrected chi connectivity index (χ2v) is 4.98. The van der Waals surface area contributed by atoms with Crippen LogP contribution in [0.2, 0.25) is 0 Å². The summed E-state index contributed by atoms with van der Waals surface area (Å²) in [7, 11) is 0. The van der Waals surface area contributed by atoms with E-state index < -0.39 is 5.91 Å². The van der Waals surface area contributed by atoms with Crippen LogP contribution in [0.4, 0.5) is 0 Å². The Labute approximate surface area is 103 Å². The van der Waals surface area contributed by atoms with Gasteiger partial charge in [-0.05, 0) is 45.7 Å². The van der Waals surface area contributed by atoms with Gasteiger partial charge in [-0.3, -0.25) is 9.59 Å². The molecule has 1 heterocycles. The summed E-state index contributed by atoms with van der Waals surface area (Å²) < 4.78 is 0. The minimum Gasteiger partial charge on any atom is -0.368 e. The molecule has 1 aliphatic rings. The first-order valence-corrected chi connectivity index (χ1v) is 6.29. The lowest BCUT2D eigenvalue weighted by molar-refractivity contribution is -0.137. The first kappa shape index (κ1) is 14.0. The molecule has 98 valence electrons. The molecule has 0 aromatic heterocycles.